The molecule has 0 aromatic heterocycles. The number of Topliss-reactive ketones (excluding diaryl/α,β-unsaturated/α-hetero) is 1. The first-order chi connectivity index (χ1) is 9.25. The highest BCUT2D eigenvalue weighted by Gasteiger charge is 2.05. The number of hydrogen-bond donors (Lipinski definition) is 0. The fourth-order valence-corrected chi connectivity index (χ4v) is 1.92. The van der Waals surface area contributed by atoms with Crippen LogP contribution < -0.4 is 0 Å². The quantitative estimate of drug-likeness (QED) is 0.418. The van der Waals surface area contributed by atoms with Crippen molar-refractivity contribution in [3.05, 3.63) is 70.9 Å². The fourth-order valence-electron chi connectivity index (χ4n) is 1.92. The molecule has 1 aliphatic rings. The second-order valence-corrected chi connectivity index (χ2v) is 4.46. The molecule has 0 bridgehead atoms. The predicted molar refractivity (Wildman–Crippen MR) is 73.4 cm³/mol. The molecular weight excluding hydrogens is 239 g/mol. The monoisotopic (exact) mass is 254 g/mol. The molecule has 0 aliphatic heterocycles. The van der Waals surface area contributed by atoms with Gasteiger partial charge in [-0.25, -0.2) is 4.39 Å². The van der Waals surface area contributed by atoms with Crippen molar-refractivity contribution in [2.45, 2.75) is 25.7 Å². The van der Waals surface area contributed by atoms with Crippen LogP contribution in [0.2, 0.25) is 0 Å². The van der Waals surface area contributed by atoms with E-state index in [0.29, 0.717) is 12.0 Å². The molecule has 1 aliphatic carbocycles. The van der Waals surface area contributed by atoms with Crippen LogP contribution in [0.3, 0.4) is 0 Å². The molecule has 0 saturated heterocycles. The van der Waals surface area contributed by atoms with E-state index in [1.807, 2.05) is 18.2 Å². The smallest absolute Gasteiger partial charge is 0.162 e. The first-order valence-corrected chi connectivity index (χ1v) is 6.42. The number of carbonyl (C=O) groups is 1. The highest BCUT2D eigenvalue weighted by Crippen LogP contribution is 2.13. The van der Waals surface area contributed by atoms with E-state index in [1.165, 1.54) is 24.3 Å². The molecule has 1 nitrogen and oxygen atoms in total. The van der Waals surface area contributed by atoms with Gasteiger partial charge in [-0.05, 0) is 49.6 Å². The number of hydrogen-bond acceptors (Lipinski definition) is 1. The molecule has 19 heavy (non-hydrogen) atoms. The lowest BCUT2D eigenvalue weighted by Crippen LogP contribution is -1.98. The van der Waals surface area contributed by atoms with Crippen LogP contribution in [0, 0.1) is 5.82 Å². The number of allylic oxidation sites excluding steroid dienone is 4. The Labute approximate surface area is 112 Å². The third-order valence-corrected chi connectivity index (χ3v) is 2.98. The third kappa shape index (κ3) is 4.22. The minimum atomic E-state index is -0.313. The Morgan fingerprint density at radius 1 is 1.16 bits per heavy atom. The molecule has 0 heterocycles. The molecule has 0 N–H and O–H groups in total. The van der Waals surface area contributed by atoms with Gasteiger partial charge in [0.25, 0.3) is 0 Å². The minimum absolute atomic E-state index is 0.0728. The van der Waals surface area contributed by atoms with E-state index in [2.05, 4.69) is 11.5 Å². The van der Waals surface area contributed by atoms with E-state index in [0.717, 1.165) is 24.8 Å². The van der Waals surface area contributed by atoms with Gasteiger partial charge >= 0.3 is 0 Å². The van der Waals surface area contributed by atoms with E-state index in [4.69, 9.17) is 0 Å². The largest absolute Gasteiger partial charge is 0.294 e. The lowest BCUT2D eigenvalue weighted by Gasteiger charge is -2.02. The number of benzene rings is 1. The van der Waals surface area contributed by atoms with Gasteiger partial charge in [0, 0.05) is 17.6 Å². The van der Waals surface area contributed by atoms with Crippen molar-refractivity contribution < 1.29 is 9.18 Å². The number of ketones is 1. The van der Waals surface area contributed by atoms with E-state index >= 15 is 0 Å². The van der Waals surface area contributed by atoms with Crippen LogP contribution in [0.25, 0.3) is 0 Å². The van der Waals surface area contributed by atoms with Gasteiger partial charge in [0.05, 0.1) is 0 Å². The van der Waals surface area contributed by atoms with E-state index < -0.39 is 0 Å². The van der Waals surface area contributed by atoms with Gasteiger partial charge in [0.15, 0.2) is 5.78 Å². The van der Waals surface area contributed by atoms with Gasteiger partial charge in [0.2, 0.25) is 0 Å². The number of rotatable bonds is 6. The summed E-state index contributed by atoms with van der Waals surface area (Å²) in [6.45, 7) is 0. The zero-order valence-corrected chi connectivity index (χ0v) is 10.7. The van der Waals surface area contributed by atoms with Crippen LogP contribution in [0.15, 0.2) is 59.5 Å². The van der Waals surface area contributed by atoms with E-state index in [1.54, 1.807) is 0 Å². The first kappa shape index (κ1) is 13.3. The molecule has 1 aromatic carbocycles. The zero-order chi connectivity index (χ0) is 13.5. The van der Waals surface area contributed by atoms with Crippen LogP contribution in [0.4, 0.5) is 4.39 Å². The highest BCUT2D eigenvalue weighted by atomic mass is 19.1. The Hall–Kier alpha value is -2.14. The standard InChI is InChI=1S/C17H15FO/c18-16-12-10-15(11-13-16)17(19)9-5-4-8-14-6-2-1-3-7-14/h1-2,6,10-13H,4-5,8-9H2. The topological polar surface area (TPSA) is 17.1 Å². The van der Waals surface area contributed by atoms with Crippen LogP contribution in [-0.2, 0) is 0 Å². The average Bonchev–Trinajstić information content (AvgIpc) is 2.45. The Bertz CT molecular complexity index is 580. The predicted octanol–water partition coefficient (Wildman–Crippen LogP) is 4.38. The Morgan fingerprint density at radius 2 is 1.95 bits per heavy atom. The molecule has 0 spiro atoms. The van der Waals surface area contributed by atoms with E-state index in [9.17, 15) is 9.18 Å². The molecule has 1 aromatic rings. The Morgan fingerprint density at radius 3 is 2.63 bits per heavy atom. The maximum atomic E-state index is 12.7. The summed E-state index contributed by atoms with van der Waals surface area (Å²) in [6.07, 6.45) is 8.96. The summed E-state index contributed by atoms with van der Waals surface area (Å²) in [5, 5.41) is 0. The van der Waals surface area contributed by atoms with Crippen LogP contribution in [0.5, 0.6) is 0 Å². The lowest BCUT2D eigenvalue weighted by atomic mass is 10.0. The van der Waals surface area contributed by atoms with Gasteiger partial charge in [0.1, 0.15) is 5.82 Å². The van der Waals surface area contributed by atoms with Crippen molar-refractivity contribution in [1.82, 2.24) is 0 Å². The summed E-state index contributed by atoms with van der Waals surface area (Å²) < 4.78 is 12.7. The Kier molecular flexibility index (Phi) is 4.69. The van der Waals surface area contributed by atoms with Crippen molar-refractivity contribution in [1.29, 1.82) is 0 Å². The zero-order valence-electron chi connectivity index (χ0n) is 10.7. The van der Waals surface area contributed by atoms with Crippen LogP contribution in [0.1, 0.15) is 36.0 Å². The molecule has 0 amide bonds. The molecular formula is C17H15FO. The van der Waals surface area contributed by atoms with Crippen molar-refractivity contribution in [2.24, 2.45) is 0 Å². The van der Waals surface area contributed by atoms with Crippen LogP contribution in [-0.4, -0.2) is 5.78 Å². The molecule has 2 heteroatoms. The number of carbonyl (C=O) groups excluding carboxylic acids is 1. The van der Waals surface area contributed by atoms with Gasteiger partial charge in [-0.15, -0.1) is 0 Å². The van der Waals surface area contributed by atoms with Gasteiger partial charge in [-0.3, -0.25) is 4.79 Å². The summed E-state index contributed by atoms with van der Waals surface area (Å²) in [4.78, 5) is 11.8. The van der Waals surface area contributed by atoms with Crippen molar-refractivity contribution >= 4 is 5.78 Å². The van der Waals surface area contributed by atoms with Crippen molar-refractivity contribution in [2.75, 3.05) is 0 Å². The van der Waals surface area contributed by atoms with Crippen LogP contribution >= 0.6 is 0 Å². The molecule has 0 atom stereocenters. The second kappa shape index (κ2) is 6.70. The molecule has 0 saturated carbocycles. The SMILES string of the molecule is O=C(CCCCC1=C=C=CC=C1)c1ccc(F)cc1. The second-order valence-electron chi connectivity index (χ2n) is 4.46. The number of halogens is 1. The summed E-state index contributed by atoms with van der Waals surface area (Å²) >= 11 is 0. The summed E-state index contributed by atoms with van der Waals surface area (Å²) in [6, 6.07) is 5.72. The van der Waals surface area contributed by atoms with Gasteiger partial charge in [-0.1, -0.05) is 23.6 Å². The molecule has 0 fully saturated rings. The first-order valence-electron chi connectivity index (χ1n) is 6.42. The average molecular weight is 254 g/mol. The van der Waals surface area contributed by atoms with Gasteiger partial charge < -0.3 is 0 Å². The maximum absolute atomic E-state index is 12.7. The Balaban J connectivity index is 1.75. The summed E-state index contributed by atoms with van der Waals surface area (Å²) in [5.74, 6) is -0.240. The van der Waals surface area contributed by atoms with E-state index in [-0.39, 0.29) is 11.6 Å². The van der Waals surface area contributed by atoms with Crippen molar-refractivity contribution in [3.8, 4) is 0 Å². The summed E-state index contributed by atoms with van der Waals surface area (Å²) in [7, 11) is 0. The highest BCUT2D eigenvalue weighted by molar-refractivity contribution is 5.95. The fraction of sp³-hybridized carbons (Fsp3) is 0.235. The molecule has 2 rings (SSSR count). The third-order valence-electron chi connectivity index (χ3n) is 2.98. The molecule has 96 valence electrons. The maximum Gasteiger partial charge on any atom is 0.162 e. The lowest BCUT2D eigenvalue weighted by molar-refractivity contribution is 0.0979. The summed E-state index contributed by atoms with van der Waals surface area (Å²) in [5.41, 5.74) is 7.66. The van der Waals surface area contributed by atoms with Crippen molar-refractivity contribution in [3.63, 3.8) is 0 Å². The molecule has 0 radical (unpaired) electrons. The molecule has 0 unspecified atom stereocenters. The van der Waals surface area contributed by atoms with Gasteiger partial charge in [-0.2, -0.15) is 0 Å². The minimum Gasteiger partial charge on any atom is -0.294 e. The number of unbranched alkanes of at least 4 members (excludes halogenated alkanes) is 1. The normalized spacial score (nSPS) is 12.6.